The number of hydrogen-bond donors (Lipinski definition) is 0. The van der Waals surface area contributed by atoms with Crippen LogP contribution in [0.4, 0.5) is 0 Å². The number of rotatable bonds is 2. The summed E-state index contributed by atoms with van der Waals surface area (Å²) in [6, 6.07) is 9.51. The van der Waals surface area contributed by atoms with Gasteiger partial charge in [0, 0.05) is 11.8 Å². The first-order valence-electron chi connectivity index (χ1n) is 5.39. The van der Waals surface area contributed by atoms with Gasteiger partial charge in [0.2, 0.25) is 0 Å². The van der Waals surface area contributed by atoms with E-state index in [1.165, 1.54) is 6.39 Å². The molecule has 0 fully saturated rings. The molecule has 0 N–H and O–H groups in total. The summed E-state index contributed by atoms with van der Waals surface area (Å²) in [5.74, 6) is 0.521. The smallest absolute Gasteiger partial charge is 0.181 e. The topological polar surface area (TPSA) is 75.6 Å². The fraction of sp³-hybridized carbons (Fsp3) is 0.0769. The summed E-state index contributed by atoms with van der Waals surface area (Å²) >= 11 is 0. The van der Waals surface area contributed by atoms with Gasteiger partial charge in [0.1, 0.15) is 11.3 Å². The Bertz CT molecular complexity index is 742. The van der Waals surface area contributed by atoms with E-state index in [1.807, 2.05) is 24.3 Å². The van der Waals surface area contributed by atoms with Crippen molar-refractivity contribution in [1.82, 2.24) is 15.0 Å². The predicted octanol–water partition coefficient (Wildman–Crippen LogP) is 2.35. The lowest BCUT2D eigenvalue weighted by Crippen LogP contribution is -1.94. The van der Waals surface area contributed by atoms with Crippen molar-refractivity contribution in [3.8, 4) is 17.3 Å². The molecule has 0 amide bonds. The number of hydrogen-bond acceptors (Lipinski definition) is 5. The minimum absolute atomic E-state index is 0.207. The van der Waals surface area contributed by atoms with Crippen molar-refractivity contribution >= 4 is 11.1 Å². The second kappa shape index (κ2) is 4.26. The van der Waals surface area contributed by atoms with Crippen LogP contribution in [0.25, 0.3) is 22.4 Å². The van der Waals surface area contributed by atoms with Crippen LogP contribution in [-0.4, -0.2) is 15.0 Å². The molecule has 0 saturated carbocycles. The Morgan fingerprint density at radius 2 is 2.17 bits per heavy atom. The molecule has 0 aliphatic carbocycles. The van der Waals surface area contributed by atoms with Crippen molar-refractivity contribution in [3.05, 3.63) is 42.7 Å². The Kier molecular flexibility index (Phi) is 2.47. The highest BCUT2D eigenvalue weighted by Gasteiger charge is 2.05. The highest BCUT2D eigenvalue weighted by atomic mass is 16.3. The molecule has 0 atom stereocenters. The quantitative estimate of drug-likeness (QED) is 0.682. The van der Waals surface area contributed by atoms with Gasteiger partial charge in [-0.1, -0.05) is 6.07 Å². The summed E-state index contributed by atoms with van der Waals surface area (Å²) in [6.07, 6.45) is 3.27. The van der Waals surface area contributed by atoms with Crippen molar-refractivity contribution in [3.63, 3.8) is 0 Å². The Hall–Kier alpha value is -2.74. The average molecular weight is 236 g/mol. The summed E-state index contributed by atoms with van der Waals surface area (Å²) in [7, 11) is 0. The molecular weight excluding hydrogens is 228 g/mol. The lowest BCUT2D eigenvalue weighted by Gasteiger charge is -2.01. The number of nitrogens with zero attached hydrogens (tertiary/aromatic N) is 4. The third-order valence-corrected chi connectivity index (χ3v) is 2.57. The summed E-state index contributed by atoms with van der Waals surface area (Å²) in [5, 5.41) is 8.64. The van der Waals surface area contributed by atoms with E-state index in [4.69, 9.17) is 9.68 Å². The molecule has 0 aliphatic rings. The van der Waals surface area contributed by atoms with Gasteiger partial charge in [-0.2, -0.15) is 5.26 Å². The van der Waals surface area contributed by atoms with Crippen LogP contribution in [0.5, 0.6) is 0 Å². The van der Waals surface area contributed by atoms with Crippen LogP contribution in [0.15, 0.2) is 41.3 Å². The standard InChI is InChI=1S/C13H8N4O/c14-5-3-13-15-6-4-10(17-13)9-1-2-11-12(7-9)18-8-16-11/h1-2,4,6-8H,3H2. The van der Waals surface area contributed by atoms with E-state index in [1.54, 1.807) is 12.3 Å². The van der Waals surface area contributed by atoms with E-state index >= 15 is 0 Å². The second-order valence-electron chi connectivity index (χ2n) is 3.73. The van der Waals surface area contributed by atoms with Crippen LogP contribution in [0.1, 0.15) is 5.82 Å². The Morgan fingerprint density at radius 3 is 3.06 bits per heavy atom. The molecular formula is C13H8N4O. The maximum Gasteiger partial charge on any atom is 0.181 e. The zero-order valence-electron chi connectivity index (χ0n) is 9.37. The lowest BCUT2D eigenvalue weighted by atomic mass is 10.1. The van der Waals surface area contributed by atoms with Crippen LogP contribution in [0, 0.1) is 11.3 Å². The van der Waals surface area contributed by atoms with Crippen LogP contribution in [0.3, 0.4) is 0 Å². The van der Waals surface area contributed by atoms with Crippen LogP contribution < -0.4 is 0 Å². The molecule has 0 radical (unpaired) electrons. The van der Waals surface area contributed by atoms with Gasteiger partial charge in [-0.05, 0) is 18.2 Å². The molecule has 2 heterocycles. The van der Waals surface area contributed by atoms with E-state index < -0.39 is 0 Å². The molecule has 0 bridgehead atoms. The van der Waals surface area contributed by atoms with Crippen LogP contribution >= 0.6 is 0 Å². The van der Waals surface area contributed by atoms with Gasteiger partial charge >= 0.3 is 0 Å². The first-order chi connectivity index (χ1) is 8.86. The van der Waals surface area contributed by atoms with Gasteiger partial charge in [0.15, 0.2) is 12.0 Å². The third-order valence-electron chi connectivity index (χ3n) is 2.57. The Morgan fingerprint density at radius 1 is 1.22 bits per heavy atom. The van der Waals surface area contributed by atoms with Crippen molar-refractivity contribution in [1.29, 1.82) is 5.26 Å². The molecule has 0 saturated heterocycles. The first-order valence-corrected chi connectivity index (χ1v) is 5.39. The third kappa shape index (κ3) is 1.80. The first kappa shape index (κ1) is 10.4. The highest BCUT2D eigenvalue weighted by Crippen LogP contribution is 2.22. The van der Waals surface area contributed by atoms with Crippen molar-refractivity contribution < 1.29 is 4.42 Å². The maximum absolute atomic E-state index is 8.64. The average Bonchev–Trinajstić information content (AvgIpc) is 2.86. The van der Waals surface area contributed by atoms with Gasteiger partial charge in [0.05, 0.1) is 18.2 Å². The largest absolute Gasteiger partial charge is 0.443 e. The molecule has 3 aromatic rings. The maximum atomic E-state index is 8.64. The second-order valence-corrected chi connectivity index (χ2v) is 3.73. The summed E-state index contributed by atoms with van der Waals surface area (Å²) in [6.45, 7) is 0. The van der Waals surface area contributed by atoms with Crippen LogP contribution in [-0.2, 0) is 6.42 Å². The minimum Gasteiger partial charge on any atom is -0.443 e. The van der Waals surface area contributed by atoms with Gasteiger partial charge in [-0.25, -0.2) is 15.0 Å². The Labute approximate surface area is 103 Å². The van der Waals surface area contributed by atoms with E-state index in [0.717, 1.165) is 16.8 Å². The number of oxazole rings is 1. The van der Waals surface area contributed by atoms with Crippen molar-refractivity contribution in [2.24, 2.45) is 0 Å². The van der Waals surface area contributed by atoms with E-state index in [9.17, 15) is 0 Å². The number of nitriles is 1. The molecule has 86 valence electrons. The number of aromatic nitrogens is 3. The van der Waals surface area contributed by atoms with Gasteiger partial charge in [-0.3, -0.25) is 0 Å². The monoisotopic (exact) mass is 236 g/mol. The fourth-order valence-corrected chi connectivity index (χ4v) is 1.73. The number of benzene rings is 1. The zero-order valence-corrected chi connectivity index (χ0v) is 9.37. The van der Waals surface area contributed by atoms with E-state index in [-0.39, 0.29) is 6.42 Å². The molecule has 0 unspecified atom stereocenters. The van der Waals surface area contributed by atoms with Gasteiger partial charge in [0.25, 0.3) is 0 Å². The molecule has 2 aromatic heterocycles. The normalized spacial score (nSPS) is 10.4. The lowest BCUT2D eigenvalue weighted by molar-refractivity contribution is 0.602. The van der Waals surface area contributed by atoms with E-state index in [2.05, 4.69) is 15.0 Å². The predicted molar refractivity (Wildman–Crippen MR) is 64.4 cm³/mol. The highest BCUT2D eigenvalue weighted by molar-refractivity contribution is 5.78. The van der Waals surface area contributed by atoms with Crippen molar-refractivity contribution in [2.45, 2.75) is 6.42 Å². The molecule has 1 aromatic carbocycles. The van der Waals surface area contributed by atoms with Gasteiger partial charge < -0.3 is 4.42 Å². The Balaban J connectivity index is 2.08. The van der Waals surface area contributed by atoms with E-state index in [0.29, 0.717) is 11.4 Å². The molecule has 3 rings (SSSR count). The molecule has 5 heteroatoms. The summed E-state index contributed by atoms with van der Waals surface area (Å²) in [5.41, 5.74) is 3.22. The van der Waals surface area contributed by atoms with Crippen LogP contribution in [0.2, 0.25) is 0 Å². The fourth-order valence-electron chi connectivity index (χ4n) is 1.73. The zero-order chi connectivity index (χ0) is 12.4. The molecule has 0 aliphatic heterocycles. The number of fused-ring (bicyclic) bond motifs is 1. The summed E-state index contributed by atoms with van der Waals surface area (Å²) < 4.78 is 5.25. The van der Waals surface area contributed by atoms with Gasteiger partial charge in [-0.15, -0.1) is 0 Å². The molecule has 18 heavy (non-hydrogen) atoms. The van der Waals surface area contributed by atoms with Crippen molar-refractivity contribution in [2.75, 3.05) is 0 Å². The summed E-state index contributed by atoms with van der Waals surface area (Å²) in [4.78, 5) is 12.4. The SMILES string of the molecule is N#CCc1nccc(-c2ccc3ncoc3c2)n1. The molecule has 0 spiro atoms. The minimum atomic E-state index is 0.207. The molecule has 5 nitrogen and oxygen atoms in total.